The van der Waals surface area contributed by atoms with Crippen molar-refractivity contribution in [2.24, 2.45) is 5.10 Å². The van der Waals surface area contributed by atoms with Crippen molar-refractivity contribution in [1.29, 1.82) is 0 Å². The summed E-state index contributed by atoms with van der Waals surface area (Å²) >= 11 is 18.9. The van der Waals surface area contributed by atoms with Crippen LogP contribution < -0.4 is 9.47 Å². The number of benzene rings is 3. The first-order valence-electron chi connectivity index (χ1n) is 9.45. The van der Waals surface area contributed by atoms with Gasteiger partial charge in [0.15, 0.2) is 0 Å². The highest BCUT2D eigenvalue weighted by molar-refractivity contribution is 6.35. The Balaban J connectivity index is 1.60. The SMILES string of the molecule is COc1ccc(C2=NN3[C@@H](c4ccc(Cl)cc4)Oc4c(Cl)cc(Cl)cc4[C@@H]3C2)cc1. The molecule has 0 aromatic heterocycles. The van der Waals surface area contributed by atoms with E-state index >= 15 is 0 Å². The summed E-state index contributed by atoms with van der Waals surface area (Å²) in [7, 11) is 1.65. The zero-order valence-corrected chi connectivity index (χ0v) is 18.2. The lowest BCUT2D eigenvalue weighted by molar-refractivity contribution is -0.0189. The van der Waals surface area contributed by atoms with E-state index in [1.165, 1.54) is 0 Å². The van der Waals surface area contributed by atoms with Crippen molar-refractivity contribution in [2.75, 3.05) is 7.11 Å². The number of hydrazone groups is 1. The van der Waals surface area contributed by atoms with Gasteiger partial charge in [0, 0.05) is 27.6 Å². The van der Waals surface area contributed by atoms with E-state index in [4.69, 9.17) is 49.4 Å². The first kappa shape index (κ1) is 19.6. The summed E-state index contributed by atoms with van der Waals surface area (Å²) in [5, 5.41) is 8.66. The number of ether oxygens (including phenoxy) is 2. The summed E-state index contributed by atoms with van der Waals surface area (Å²) < 4.78 is 11.6. The molecule has 4 nitrogen and oxygen atoms in total. The number of fused-ring (bicyclic) bond motifs is 3. The van der Waals surface area contributed by atoms with Gasteiger partial charge in [0.05, 0.1) is 23.9 Å². The molecule has 2 atom stereocenters. The van der Waals surface area contributed by atoms with Crippen molar-refractivity contribution in [3.63, 3.8) is 0 Å². The Morgan fingerprint density at radius 2 is 1.70 bits per heavy atom. The molecule has 2 aliphatic heterocycles. The highest BCUT2D eigenvalue weighted by atomic mass is 35.5. The van der Waals surface area contributed by atoms with Crippen LogP contribution in [0.4, 0.5) is 0 Å². The van der Waals surface area contributed by atoms with Crippen LogP contribution in [0.15, 0.2) is 65.8 Å². The average molecular weight is 460 g/mol. The fraction of sp³-hybridized carbons (Fsp3) is 0.174. The van der Waals surface area contributed by atoms with Gasteiger partial charge in [-0.15, -0.1) is 0 Å². The Morgan fingerprint density at radius 1 is 0.967 bits per heavy atom. The number of rotatable bonds is 3. The van der Waals surface area contributed by atoms with Crippen LogP contribution in [-0.2, 0) is 0 Å². The number of hydrogen-bond donors (Lipinski definition) is 0. The fourth-order valence-corrected chi connectivity index (χ4v) is 4.60. The second-order valence-electron chi connectivity index (χ2n) is 7.20. The fourth-order valence-electron chi connectivity index (χ4n) is 3.92. The maximum absolute atomic E-state index is 6.50. The second kappa shape index (κ2) is 7.69. The third-order valence-electron chi connectivity index (χ3n) is 5.39. The van der Waals surface area contributed by atoms with E-state index in [-0.39, 0.29) is 6.04 Å². The topological polar surface area (TPSA) is 34.1 Å². The van der Waals surface area contributed by atoms with Crippen LogP contribution in [0.1, 0.15) is 35.4 Å². The number of hydrogen-bond acceptors (Lipinski definition) is 4. The van der Waals surface area contributed by atoms with Crippen LogP contribution in [0.25, 0.3) is 0 Å². The quantitative estimate of drug-likeness (QED) is 0.427. The van der Waals surface area contributed by atoms with Crippen LogP contribution in [0.5, 0.6) is 11.5 Å². The molecule has 0 unspecified atom stereocenters. The van der Waals surface area contributed by atoms with Gasteiger partial charge in [-0.25, -0.2) is 5.01 Å². The van der Waals surface area contributed by atoms with Gasteiger partial charge in [-0.2, -0.15) is 5.10 Å². The molecule has 0 saturated carbocycles. The molecule has 0 amide bonds. The Bertz CT molecular complexity index is 1130. The molecule has 0 fully saturated rings. The highest BCUT2D eigenvalue weighted by Gasteiger charge is 2.42. The summed E-state index contributed by atoms with van der Waals surface area (Å²) in [4.78, 5) is 0. The van der Waals surface area contributed by atoms with Gasteiger partial charge >= 0.3 is 0 Å². The minimum absolute atomic E-state index is 0.0391. The molecule has 5 rings (SSSR count). The van der Waals surface area contributed by atoms with Crippen molar-refractivity contribution in [3.8, 4) is 11.5 Å². The van der Waals surface area contributed by atoms with Gasteiger partial charge in [-0.05, 0) is 54.1 Å². The zero-order chi connectivity index (χ0) is 20.8. The molecule has 7 heteroatoms. The molecule has 152 valence electrons. The third kappa shape index (κ3) is 3.39. The second-order valence-corrected chi connectivity index (χ2v) is 8.48. The Kier molecular flexibility index (Phi) is 5.02. The lowest BCUT2D eigenvalue weighted by Gasteiger charge is -2.38. The molecule has 2 heterocycles. The smallest absolute Gasteiger partial charge is 0.213 e. The van der Waals surface area contributed by atoms with Crippen molar-refractivity contribution in [3.05, 3.63) is 92.4 Å². The van der Waals surface area contributed by atoms with E-state index in [1.54, 1.807) is 13.2 Å². The minimum atomic E-state index is -0.422. The molecule has 3 aromatic rings. The molecule has 2 aliphatic rings. The van der Waals surface area contributed by atoms with Crippen molar-refractivity contribution >= 4 is 40.5 Å². The first-order valence-corrected chi connectivity index (χ1v) is 10.6. The Labute approximate surface area is 189 Å². The van der Waals surface area contributed by atoms with E-state index < -0.39 is 6.23 Å². The van der Waals surface area contributed by atoms with Gasteiger partial charge in [0.25, 0.3) is 0 Å². The Morgan fingerprint density at radius 3 is 2.40 bits per heavy atom. The normalized spacial score (nSPS) is 19.6. The summed E-state index contributed by atoms with van der Waals surface area (Å²) in [6.07, 6.45) is 0.290. The standard InChI is InChI=1S/C23H17Cl3N2O2/c1-29-17-8-4-13(5-9-17)20-12-21-18-10-16(25)11-19(26)22(18)30-23(28(21)27-20)14-2-6-15(24)7-3-14/h2-11,21,23H,12H2,1H3/t21-,23+/m0/s1. The zero-order valence-electron chi connectivity index (χ0n) is 16.0. The Hall–Kier alpha value is -2.40. The van der Waals surface area contributed by atoms with E-state index in [0.29, 0.717) is 27.2 Å². The highest BCUT2D eigenvalue weighted by Crippen LogP contribution is 2.50. The molecule has 3 aromatic carbocycles. The maximum Gasteiger partial charge on any atom is 0.213 e. The molecule has 0 bridgehead atoms. The number of nitrogens with zero attached hydrogens (tertiary/aromatic N) is 2. The van der Waals surface area contributed by atoms with Gasteiger partial charge in [0.2, 0.25) is 6.23 Å². The maximum atomic E-state index is 6.50. The molecule has 0 saturated heterocycles. The summed E-state index contributed by atoms with van der Waals surface area (Å²) in [6.45, 7) is 0. The van der Waals surface area contributed by atoms with Crippen LogP contribution in [0.3, 0.4) is 0 Å². The van der Waals surface area contributed by atoms with Gasteiger partial charge in [-0.3, -0.25) is 0 Å². The number of halogens is 3. The number of methoxy groups -OCH3 is 1. The summed E-state index contributed by atoms with van der Waals surface area (Å²) in [5.41, 5.74) is 3.88. The van der Waals surface area contributed by atoms with Crippen molar-refractivity contribution < 1.29 is 9.47 Å². The van der Waals surface area contributed by atoms with Crippen molar-refractivity contribution in [2.45, 2.75) is 18.7 Å². The lowest BCUT2D eigenvalue weighted by atomic mass is 9.96. The minimum Gasteiger partial charge on any atom is -0.497 e. The summed E-state index contributed by atoms with van der Waals surface area (Å²) in [5.74, 6) is 1.45. The monoisotopic (exact) mass is 458 g/mol. The van der Waals surface area contributed by atoms with Crippen molar-refractivity contribution in [1.82, 2.24) is 5.01 Å². The van der Waals surface area contributed by atoms with Gasteiger partial charge < -0.3 is 9.47 Å². The first-order chi connectivity index (χ1) is 14.5. The predicted molar refractivity (Wildman–Crippen MR) is 120 cm³/mol. The molecular weight excluding hydrogens is 443 g/mol. The van der Waals surface area contributed by atoms with E-state index in [0.717, 1.165) is 28.2 Å². The molecule has 0 N–H and O–H groups in total. The van der Waals surface area contributed by atoms with E-state index in [1.807, 2.05) is 59.6 Å². The van der Waals surface area contributed by atoms with E-state index in [9.17, 15) is 0 Å². The molecule has 30 heavy (non-hydrogen) atoms. The van der Waals surface area contributed by atoms with Crippen LogP contribution in [0, 0.1) is 0 Å². The molecule has 0 spiro atoms. The van der Waals surface area contributed by atoms with Gasteiger partial charge in [0.1, 0.15) is 11.5 Å². The van der Waals surface area contributed by atoms with Crippen LogP contribution in [-0.4, -0.2) is 17.8 Å². The predicted octanol–water partition coefficient (Wildman–Crippen LogP) is 6.90. The summed E-state index contributed by atoms with van der Waals surface area (Å²) in [6, 6.07) is 19.1. The van der Waals surface area contributed by atoms with Gasteiger partial charge in [-0.1, -0.05) is 46.9 Å². The van der Waals surface area contributed by atoms with Crippen LogP contribution >= 0.6 is 34.8 Å². The van der Waals surface area contributed by atoms with E-state index in [2.05, 4.69) is 0 Å². The molecule has 0 aliphatic carbocycles. The third-order valence-corrected chi connectivity index (χ3v) is 6.14. The molecular formula is C23H17Cl3N2O2. The average Bonchev–Trinajstić information content (AvgIpc) is 3.20. The van der Waals surface area contributed by atoms with Crippen LogP contribution in [0.2, 0.25) is 15.1 Å². The lowest BCUT2D eigenvalue weighted by Crippen LogP contribution is -2.33. The largest absolute Gasteiger partial charge is 0.497 e. The molecule has 0 radical (unpaired) electrons.